The number of carbonyl (C=O) groups excluding carboxylic acids is 2. The van der Waals surface area contributed by atoms with Crippen molar-refractivity contribution in [3.05, 3.63) is 35.9 Å². The Morgan fingerprint density at radius 2 is 1.86 bits per heavy atom. The zero-order valence-corrected chi connectivity index (χ0v) is 13.6. The van der Waals surface area contributed by atoms with E-state index in [9.17, 15) is 14.7 Å². The van der Waals surface area contributed by atoms with E-state index in [0.29, 0.717) is 6.42 Å². The summed E-state index contributed by atoms with van der Waals surface area (Å²) >= 11 is 0. The van der Waals surface area contributed by atoms with Crippen molar-refractivity contribution in [2.45, 2.75) is 57.7 Å². The molecule has 0 aliphatic heterocycles. The average molecular weight is 304 g/mol. The van der Waals surface area contributed by atoms with Gasteiger partial charge in [0.1, 0.15) is 11.5 Å². The summed E-state index contributed by atoms with van der Waals surface area (Å²) in [6.07, 6.45) is 0.354. The highest BCUT2D eigenvalue weighted by atomic mass is 16.6. The maximum Gasteiger partial charge on any atom is 0.317 e. The zero-order chi connectivity index (χ0) is 16.5. The molecular weight excluding hydrogens is 280 g/mol. The molecule has 1 aromatic rings. The van der Waals surface area contributed by atoms with Crippen LogP contribution < -0.4 is 0 Å². The Kier molecular flexibility index (Phi) is 4.43. The molecule has 1 aliphatic rings. The standard InChI is InChI=1S/C18H24O4/c1-17(2,3)22-16(20)15-13(12-8-6-5-7-9-12)10-18(4,21)11-14(15)19/h5-9,13,15,21H,10-11H2,1-4H3/t13-,15+,18+/m1/s1. The molecular formula is C18H24O4. The fourth-order valence-corrected chi connectivity index (χ4v) is 3.04. The van der Waals surface area contributed by atoms with E-state index in [2.05, 4.69) is 0 Å². The number of hydrogen-bond acceptors (Lipinski definition) is 4. The van der Waals surface area contributed by atoms with Gasteiger partial charge in [0.05, 0.1) is 5.60 Å². The first-order valence-electron chi connectivity index (χ1n) is 7.62. The first kappa shape index (κ1) is 16.7. The molecule has 0 radical (unpaired) electrons. The van der Waals surface area contributed by atoms with Crippen molar-refractivity contribution in [2.75, 3.05) is 0 Å². The van der Waals surface area contributed by atoms with Gasteiger partial charge in [0, 0.05) is 12.3 Å². The molecule has 1 aromatic carbocycles. The highest BCUT2D eigenvalue weighted by Gasteiger charge is 2.47. The molecule has 4 heteroatoms. The summed E-state index contributed by atoms with van der Waals surface area (Å²) < 4.78 is 5.43. The average Bonchev–Trinajstić information content (AvgIpc) is 2.35. The van der Waals surface area contributed by atoms with Crippen molar-refractivity contribution in [2.24, 2.45) is 5.92 Å². The summed E-state index contributed by atoms with van der Waals surface area (Å²) in [7, 11) is 0. The van der Waals surface area contributed by atoms with Crippen LogP contribution in [-0.4, -0.2) is 28.1 Å². The fourth-order valence-electron chi connectivity index (χ4n) is 3.04. The molecule has 0 unspecified atom stereocenters. The smallest absolute Gasteiger partial charge is 0.317 e. The molecule has 1 saturated carbocycles. The first-order chi connectivity index (χ1) is 10.1. The normalized spacial score (nSPS) is 29.2. The van der Waals surface area contributed by atoms with E-state index in [1.807, 2.05) is 30.3 Å². The molecule has 1 fully saturated rings. The number of Topliss-reactive ketones (excluding diaryl/α,β-unsaturated/α-hetero) is 1. The summed E-state index contributed by atoms with van der Waals surface area (Å²) in [4.78, 5) is 25.0. The van der Waals surface area contributed by atoms with E-state index in [0.717, 1.165) is 5.56 Å². The molecule has 0 amide bonds. The van der Waals surface area contributed by atoms with Crippen LogP contribution in [0.5, 0.6) is 0 Å². The van der Waals surface area contributed by atoms with Crippen LogP contribution >= 0.6 is 0 Å². The van der Waals surface area contributed by atoms with Crippen LogP contribution in [0.4, 0.5) is 0 Å². The highest BCUT2D eigenvalue weighted by Crippen LogP contribution is 2.41. The summed E-state index contributed by atoms with van der Waals surface area (Å²) in [6.45, 7) is 7.00. The third-order valence-electron chi connectivity index (χ3n) is 3.85. The van der Waals surface area contributed by atoms with Gasteiger partial charge < -0.3 is 9.84 Å². The Morgan fingerprint density at radius 1 is 1.27 bits per heavy atom. The Balaban J connectivity index is 2.35. The van der Waals surface area contributed by atoms with Crippen molar-refractivity contribution in [3.8, 4) is 0 Å². The lowest BCUT2D eigenvalue weighted by molar-refractivity contribution is -0.166. The van der Waals surface area contributed by atoms with Crippen LogP contribution in [0.1, 0.15) is 52.0 Å². The number of hydrogen-bond donors (Lipinski definition) is 1. The summed E-state index contributed by atoms with van der Waals surface area (Å²) in [6, 6.07) is 9.40. The van der Waals surface area contributed by atoms with Crippen LogP contribution in [0.15, 0.2) is 30.3 Å². The van der Waals surface area contributed by atoms with Crippen molar-refractivity contribution >= 4 is 11.8 Å². The topological polar surface area (TPSA) is 63.6 Å². The lowest BCUT2D eigenvalue weighted by Crippen LogP contribution is -2.46. The predicted octanol–water partition coefficient (Wildman–Crippen LogP) is 2.84. The van der Waals surface area contributed by atoms with Crippen molar-refractivity contribution < 1.29 is 19.4 Å². The second-order valence-electron chi connectivity index (χ2n) is 7.37. The summed E-state index contributed by atoms with van der Waals surface area (Å²) in [5, 5.41) is 10.3. The number of carbonyl (C=O) groups is 2. The Bertz CT molecular complexity index is 554. The third kappa shape index (κ3) is 3.95. The first-order valence-corrected chi connectivity index (χ1v) is 7.62. The van der Waals surface area contributed by atoms with Crippen LogP contribution in [-0.2, 0) is 14.3 Å². The summed E-state index contributed by atoms with van der Waals surface area (Å²) in [5.41, 5.74) is -0.846. The molecule has 120 valence electrons. The lowest BCUT2D eigenvalue weighted by Gasteiger charge is -2.38. The predicted molar refractivity (Wildman–Crippen MR) is 83.4 cm³/mol. The van der Waals surface area contributed by atoms with Gasteiger partial charge in [-0.1, -0.05) is 30.3 Å². The molecule has 3 atom stereocenters. The van der Waals surface area contributed by atoms with Gasteiger partial charge >= 0.3 is 5.97 Å². The molecule has 1 N–H and O–H groups in total. The lowest BCUT2D eigenvalue weighted by atomic mass is 9.69. The van der Waals surface area contributed by atoms with Gasteiger partial charge in [-0.05, 0) is 39.7 Å². The Morgan fingerprint density at radius 3 is 2.41 bits per heavy atom. The number of rotatable bonds is 2. The minimum atomic E-state index is -1.09. The zero-order valence-electron chi connectivity index (χ0n) is 13.6. The number of ketones is 1. The maximum absolute atomic E-state index is 12.5. The van der Waals surface area contributed by atoms with Gasteiger partial charge in [0.2, 0.25) is 0 Å². The SMILES string of the molecule is CC(C)(C)OC(=O)[C@@H]1C(=O)C[C@@](C)(O)C[C@@H]1c1ccccc1. The minimum Gasteiger partial charge on any atom is -0.459 e. The van der Waals surface area contributed by atoms with Crippen molar-refractivity contribution in [1.82, 2.24) is 0 Å². The molecule has 0 aromatic heterocycles. The van der Waals surface area contributed by atoms with Gasteiger partial charge in [-0.3, -0.25) is 9.59 Å². The van der Waals surface area contributed by atoms with Crippen LogP contribution in [0.3, 0.4) is 0 Å². The van der Waals surface area contributed by atoms with Crippen molar-refractivity contribution in [3.63, 3.8) is 0 Å². The fraction of sp³-hybridized carbons (Fsp3) is 0.556. The van der Waals surface area contributed by atoms with Crippen LogP contribution in [0.2, 0.25) is 0 Å². The van der Waals surface area contributed by atoms with Gasteiger partial charge in [0.15, 0.2) is 5.78 Å². The third-order valence-corrected chi connectivity index (χ3v) is 3.85. The van der Waals surface area contributed by atoms with Crippen LogP contribution in [0.25, 0.3) is 0 Å². The maximum atomic E-state index is 12.5. The highest BCUT2D eigenvalue weighted by molar-refractivity contribution is 6.01. The number of benzene rings is 1. The van der Waals surface area contributed by atoms with E-state index >= 15 is 0 Å². The van der Waals surface area contributed by atoms with E-state index in [-0.39, 0.29) is 18.1 Å². The monoisotopic (exact) mass is 304 g/mol. The molecule has 4 nitrogen and oxygen atoms in total. The van der Waals surface area contributed by atoms with Crippen LogP contribution in [0, 0.1) is 5.92 Å². The van der Waals surface area contributed by atoms with Gasteiger partial charge in [-0.25, -0.2) is 0 Å². The largest absolute Gasteiger partial charge is 0.459 e. The molecule has 0 bridgehead atoms. The minimum absolute atomic E-state index is 0.0136. The Hall–Kier alpha value is -1.68. The van der Waals surface area contributed by atoms with Gasteiger partial charge in [-0.2, -0.15) is 0 Å². The second-order valence-corrected chi connectivity index (χ2v) is 7.37. The van der Waals surface area contributed by atoms with E-state index in [4.69, 9.17) is 4.74 Å². The van der Waals surface area contributed by atoms with Gasteiger partial charge in [-0.15, -0.1) is 0 Å². The number of esters is 1. The molecule has 2 rings (SSSR count). The molecule has 0 saturated heterocycles. The quantitative estimate of drug-likeness (QED) is 0.674. The van der Waals surface area contributed by atoms with E-state index in [1.54, 1.807) is 27.7 Å². The second kappa shape index (κ2) is 5.84. The molecule has 22 heavy (non-hydrogen) atoms. The van der Waals surface area contributed by atoms with E-state index in [1.165, 1.54) is 0 Å². The molecule has 0 spiro atoms. The summed E-state index contributed by atoms with van der Waals surface area (Å²) in [5.74, 6) is -1.95. The molecule has 0 heterocycles. The van der Waals surface area contributed by atoms with Crippen molar-refractivity contribution in [1.29, 1.82) is 0 Å². The Labute approximate surface area is 131 Å². The number of ether oxygens (including phenoxy) is 1. The number of aliphatic hydroxyl groups is 1. The van der Waals surface area contributed by atoms with Gasteiger partial charge in [0.25, 0.3) is 0 Å². The van der Waals surface area contributed by atoms with E-state index < -0.39 is 23.1 Å². The molecule has 1 aliphatic carbocycles.